The predicted octanol–water partition coefficient (Wildman–Crippen LogP) is 5.49. The van der Waals surface area contributed by atoms with E-state index in [1.807, 2.05) is 0 Å². The SMILES string of the molecule is c1ccc(-c2ccccc2B2OC(c3ccccc3)(c3ccccc3)[C@@H]3CCCN23)cc1. The molecule has 2 aliphatic heterocycles. The summed E-state index contributed by atoms with van der Waals surface area (Å²) in [6, 6.07) is 41.4. The van der Waals surface area contributed by atoms with Crippen LogP contribution in [0.5, 0.6) is 0 Å². The van der Waals surface area contributed by atoms with Gasteiger partial charge in [-0.05, 0) is 47.1 Å². The second kappa shape index (κ2) is 8.09. The summed E-state index contributed by atoms with van der Waals surface area (Å²) in [5, 5.41) is 0. The maximum atomic E-state index is 7.26. The first kappa shape index (κ1) is 19.5. The van der Waals surface area contributed by atoms with Gasteiger partial charge in [-0.1, -0.05) is 115 Å². The van der Waals surface area contributed by atoms with Crippen molar-refractivity contribution in [1.29, 1.82) is 0 Å². The van der Waals surface area contributed by atoms with E-state index in [1.165, 1.54) is 34.1 Å². The van der Waals surface area contributed by atoms with E-state index in [-0.39, 0.29) is 7.05 Å². The van der Waals surface area contributed by atoms with Crippen LogP contribution in [0.15, 0.2) is 115 Å². The molecule has 0 unspecified atom stereocenters. The molecule has 1 atom stereocenters. The first-order chi connectivity index (χ1) is 15.9. The normalized spacial score (nSPS) is 19.8. The topological polar surface area (TPSA) is 12.5 Å². The minimum Gasteiger partial charge on any atom is -0.402 e. The van der Waals surface area contributed by atoms with Crippen molar-refractivity contribution < 1.29 is 4.65 Å². The highest BCUT2D eigenvalue weighted by atomic mass is 16.5. The Morgan fingerprint density at radius 3 is 1.91 bits per heavy atom. The molecule has 2 aliphatic rings. The maximum Gasteiger partial charge on any atom is 0.420 e. The zero-order chi connectivity index (χ0) is 21.4. The van der Waals surface area contributed by atoms with Gasteiger partial charge >= 0.3 is 7.05 Å². The van der Waals surface area contributed by atoms with Crippen molar-refractivity contribution in [2.45, 2.75) is 24.5 Å². The third-order valence-electron chi connectivity index (χ3n) is 7.08. The van der Waals surface area contributed by atoms with Gasteiger partial charge in [0.15, 0.2) is 0 Å². The number of hydrogen-bond donors (Lipinski definition) is 0. The highest BCUT2D eigenvalue weighted by Gasteiger charge is 2.59. The quantitative estimate of drug-likeness (QED) is 0.409. The van der Waals surface area contributed by atoms with Crippen LogP contribution in [0.3, 0.4) is 0 Å². The van der Waals surface area contributed by atoms with Gasteiger partial charge in [-0.3, -0.25) is 0 Å². The fourth-order valence-electron chi connectivity index (χ4n) is 5.72. The van der Waals surface area contributed by atoms with Gasteiger partial charge < -0.3 is 9.47 Å². The molecule has 0 N–H and O–H groups in total. The van der Waals surface area contributed by atoms with E-state index in [0.29, 0.717) is 6.04 Å². The van der Waals surface area contributed by atoms with Crippen molar-refractivity contribution in [3.05, 3.63) is 126 Å². The smallest absolute Gasteiger partial charge is 0.402 e. The lowest BCUT2D eigenvalue weighted by atomic mass is 9.68. The molecule has 2 fully saturated rings. The molecule has 0 bridgehead atoms. The second-order valence-electron chi connectivity index (χ2n) is 8.79. The van der Waals surface area contributed by atoms with Gasteiger partial charge in [0.25, 0.3) is 0 Å². The molecule has 156 valence electrons. The zero-order valence-electron chi connectivity index (χ0n) is 18.1. The summed E-state index contributed by atoms with van der Waals surface area (Å²) in [5.74, 6) is 0. The van der Waals surface area contributed by atoms with Gasteiger partial charge in [-0.15, -0.1) is 0 Å². The molecule has 0 aromatic heterocycles. The molecule has 6 rings (SSSR count). The summed E-state index contributed by atoms with van der Waals surface area (Å²) in [4.78, 5) is 2.60. The molecule has 0 radical (unpaired) electrons. The summed E-state index contributed by atoms with van der Waals surface area (Å²) in [6.07, 6.45) is 2.33. The summed E-state index contributed by atoms with van der Waals surface area (Å²) in [5.41, 5.74) is 5.73. The molecule has 2 nitrogen and oxygen atoms in total. The first-order valence-corrected chi connectivity index (χ1v) is 11.6. The molecule has 3 heteroatoms. The van der Waals surface area contributed by atoms with Gasteiger partial charge in [0, 0.05) is 6.04 Å². The third kappa shape index (κ3) is 3.04. The van der Waals surface area contributed by atoms with E-state index in [9.17, 15) is 0 Å². The van der Waals surface area contributed by atoms with Crippen molar-refractivity contribution in [2.75, 3.05) is 6.54 Å². The Morgan fingerprint density at radius 1 is 0.688 bits per heavy atom. The number of fused-ring (bicyclic) bond motifs is 1. The summed E-state index contributed by atoms with van der Waals surface area (Å²) in [7, 11) is -0.0840. The predicted molar refractivity (Wildman–Crippen MR) is 132 cm³/mol. The Bertz CT molecular complexity index is 1160. The molecule has 2 heterocycles. The summed E-state index contributed by atoms with van der Waals surface area (Å²) < 4.78 is 7.26. The van der Waals surface area contributed by atoms with Crippen LogP contribution < -0.4 is 5.46 Å². The molecule has 2 saturated heterocycles. The third-order valence-corrected chi connectivity index (χ3v) is 7.08. The Balaban J connectivity index is 1.53. The molecular weight excluding hydrogens is 389 g/mol. The van der Waals surface area contributed by atoms with E-state index >= 15 is 0 Å². The van der Waals surface area contributed by atoms with E-state index in [4.69, 9.17) is 4.65 Å². The van der Waals surface area contributed by atoms with Crippen LogP contribution in [0.1, 0.15) is 24.0 Å². The molecule has 0 saturated carbocycles. The number of hydrogen-bond acceptors (Lipinski definition) is 2. The number of nitrogens with zero attached hydrogens (tertiary/aromatic N) is 1. The largest absolute Gasteiger partial charge is 0.420 e. The molecular formula is C29H26BNO. The maximum absolute atomic E-state index is 7.26. The Morgan fingerprint density at radius 2 is 1.25 bits per heavy atom. The van der Waals surface area contributed by atoms with E-state index in [0.717, 1.165) is 13.0 Å². The minimum atomic E-state index is -0.479. The lowest BCUT2D eigenvalue weighted by Crippen LogP contribution is -2.46. The Hall–Kier alpha value is -3.14. The molecule has 4 aromatic carbocycles. The van der Waals surface area contributed by atoms with Crippen LogP contribution in [0, 0.1) is 0 Å². The fraction of sp³-hybridized carbons (Fsp3) is 0.172. The zero-order valence-corrected chi connectivity index (χ0v) is 18.1. The lowest BCUT2D eigenvalue weighted by molar-refractivity contribution is 0.106. The molecule has 0 spiro atoms. The van der Waals surface area contributed by atoms with Gasteiger partial charge in [0.05, 0.1) is 0 Å². The molecule has 0 amide bonds. The molecule has 32 heavy (non-hydrogen) atoms. The van der Waals surface area contributed by atoms with Crippen molar-refractivity contribution >= 4 is 12.5 Å². The van der Waals surface area contributed by atoms with Crippen LogP contribution >= 0.6 is 0 Å². The first-order valence-electron chi connectivity index (χ1n) is 11.6. The molecule has 4 aromatic rings. The number of benzene rings is 4. The van der Waals surface area contributed by atoms with E-state index < -0.39 is 5.60 Å². The number of rotatable bonds is 4. The van der Waals surface area contributed by atoms with Crippen LogP contribution in [-0.4, -0.2) is 24.4 Å². The van der Waals surface area contributed by atoms with Gasteiger partial charge in [-0.25, -0.2) is 0 Å². The summed E-state index contributed by atoms with van der Waals surface area (Å²) in [6.45, 7) is 1.06. The fourth-order valence-corrected chi connectivity index (χ4v) is 5.72. The van der Waals surface area contributed by atoms with E-state index in [2.05, 4.69) is 120 Å². The minimum absolute atomic E-state index is 0.0840. The summed E-state index contributed by atoms with van der Waals surface area (Å²) >= 11 is 0. The highest BCUT2D eigenvalue weighted by molar-refractivity contribution is 6.67. The van der Waals surface area contributed by atoms with Crippen molar-refractivity contribution in [2.24, 2.45) is 0 Å². The Labute approximate surface area is 190 Å². The van der Waals surface area contributed by atoms with Crippen molar-refractivity contribution in [3.8, 4) is 11.1 Å². The monoisotopic (exact) mass is 415 g/mol. The average Bonchev–Trinajstić information content (AvgIpc) is 3.48. The highest BCUT2D eigenvalue weighted by Crippen LogP contribution is 2.49. The van der Waals surface area contributed by atoms with Gasteiger partial charge in [0.2, 0.25) is 0 Å². The van der Waals surface area contributed by atoms with Crippen LogP contribution in [0.25, 0.3) is 11.1 Å². The van der Waals surface area contributed by atoms with Crippen LogP contribution in [-0.2, 0) is 10.3 Å². The van der Waals surface area contributed by atoms with E-state index in [1.54, 1.807) is 0 Å². The standard InChI is InChI=1S/C29H26BNO/c1-4-13-23(14-5-1)26-19-10-11-20-27(26)30-31-22-12-21-28(31)29(32-30,24-15-6-2-7-16-24)25-17-8-3-9-18-25/h1-11,13-20,28H,12,21-22H2/t28-/m0/s1. The van der Waals surface area contributed by atoms with Gasteiger partial charge in [-0.2, -0.15) is 0 Å². The van der Waals surface area contributed by atoms with Crippen molar-refractivity contribution in [3.63, 3.8) is 0 Å². The van der Waals surface area contributed by atoms with Crippen molar-refractivity contribution in [1.82, 2.24) is 4.81 Å². The molecule has 0 aliphatic carbocycles. The Kier molecular flexibility index (Phi) is 4.94. The second-order valence-corrected chi connectivity index (χ2v) is 8.79. The lowest BCUT2D eigenvalue weighted by Gasteiger charge is -2.36. The van der Waals surface area contributed by atoms with Crippen LogP contribution in [0.2, 0.25) is 0 Å². The van der Waals surface area contributed by atoms with Crippen LogP contribution in [0.4, 0.5) is 0 Å². The average molecular weight is 415 g/mol. The van der Waals surface area contributed by atoms with Gasteiger partial charge in [0.1, 0.15) is 5.60 Å².